The average molecular weight is 267 g/mol. The Labute approximate surface area is 117 Å². The summed E-state index contributed by atoms with van der Waals surface area (Å²) < 4.78 is 13.2. The van der Waals surface area contributed by atoms with E-state index in [1.165, 1.54) is 0 Å². The maximum atomic E-state index is 9.17. The standard InChI is InChI=1S/C16H15N2O2/c17-11-13-5-1-2-6-14(13)12-18-8-4-3-7-15(18)16-19-9-10-20-16/h1-8,16H,9-10,12H2/q+1. The van der Waals surface area contributed by atoms with Crippen LogP contribution in [0.2, 0.25) is 0 Å². The summed E-state index contributed by atoms with van der Waals surface area (Å²) in [5.74, 6) is 0. The van der Waals surface area contributed by atoms with Gasteiger partial charge in [0.1, 0.15) is 0 Å². The Bertz CT molecular complexity index is 643. The number of hydrogen-bond donors (Lipinski definition) is 0. The van der Waals surface area contributed by atoms with Gasteiger partial charge in [-0.3, -0.25) is 0 Å². The van der Waals surface area contributed by atoms with E-state index in [-0.39, 0.29) is 6.29 Å². The van der Waals surface area contributed by atoms with Crippen molar-refractivity contribution in [2.75, 3.05) is 13.2 Å². The van der Waals surface area contributed by atoms with Gasteiger partial charge in [-0.05, 0) is 12.1 Å². The van der Waals surface area contributed by atoms with Crippen LogP contribution in [0.4, 0.5) is 0 Å². The van der Waals surface area contributed by atoms with E-state index in [9.17, 15) is 0 Å². The lowest BCUT2D eigenvalue weighted by Gasteiger charge is -2.09. The number of aromatic nitrogens is 1. The second-order valence-corrected chi connectivity index (χ2v) is 4.60. The molecule has 0 spiro atoms. The van der Waals surface area contributed by atoms with Crippen LogP contribution in [-0.4, -0.2) is 13.2 Å². The molecule has 2 heterocycles. The van der Waals surface area contributed by atoms with Crippen LogP contribution in [0.1, 0.15) is 23.1 Å². The van der Waals surface area contributed by atoms with Crippen molar-refractivity contribution >= 4 is 0 Å². The maximum absolute atomic E-state index is 9.17. The van der Waals surface area contributed by atoms with Crippen molar-refractivity contribution in [3.63, 3.8) is 0 Å². The highest BCUT2D eigenvalue weighted by Gasteiger charge is 2.27. The molecule has 0 bridgehead atoms. The second-order valence-electron chi connectivity index (χ2n) is 4.60. The predicted molar refractivity (Wildman–Crippen MR) is 71.5 cm³/mol. The molecule has 0 atom stereocenters. The third kappa shape index (κ3) is 2.55. The lowest BCUT2D eigenvalue weighted by atomic mass is 10.1. The summed E-state index contributed by atoms with van der Waals surface area (Å²) >= 11 is 0. The van der Waals surface area contributed by atoms with Gasteiger partial charge in [0.2, 0.25) is 12.0 Å². The third-order valence-corrected chi connectivity index (χ3v) is 3.32. The SMILES string of the molecule is N#Cc1ccccc1C[n+]1ccccc1C1OCCO1. The summed E-state index contributed by atoms with van der Waals surface area (Å²) in [6.07, 6.45) is 1.67. The first-order valence-corrected chi connectivity index (χ1v) is 6.58. The Morgan fingerprint density at radius 2 is 1.85 bits per heavy atom. The number of nitrogens with zero attached hydrogens (tertiary/aromatic N) is 2. The highest BCUT2D eigenvalue weighted by Crippen LogP contribution is 2.20. The van der Waals surface area contributed by atoms with E-state index in [0.29, 0.717) is 25.3 Å². The minimum Gasteiger partial charge on any atom is -0.341 e. The molecule has 4 nitrogen and oxygen atoms in total. The molecule has 1 aromatic carbocycles. The number of rotatable bonds is 3. The van der Waals surface area contributed by atoms with Gasteiger partial charge in [-0.15, -0.1) is 0 Å². The van der Waals surface area contributed by atoms with Gasteiger partial charge in [0.25, 0.3) is 0 Å². The van der Waals surface area contributed by atoms with Crippen LogP contribution < -0.4 is 4.57 Å². The molecular weight excluding hydrogens is 252 g/mol. The molecule has 0 aliphatic carbocycles. The second kappa shape index (κ2) is 5.83. The molecule has 1 fully saturated rings. The lowest BCUT2D eigenvalue weighted by molar-refractivity contribution is -0.701. The van der Waals surface area contributed by atoms with Gasteiger partial charge < -0.3 is 9.47 Å². The fourth-order valence-corrected chi connectivity index (χ4v) is 2.33. The average Bonchev–Trinajstić information content (AvgIpc) is 3.02. The fraction of sp³-hybridized carbons (Fsp3) is 0.250. The Kier molecular flexibility index (Phi) is 3.73. The van der Waals surface area contributed by atoms with Crippen molar-refractivity contribution < 1.29 is 14.0 Å². The van der Waals surface area contributed by atoms with Crippen LogP contribution in [0, 0.1) is 11.3 Å². The summed E-state index contributed by atoms with van der Waals surface area (Å²) in [6, 6.07) is 15.8. The largest absolute Gasteiger partial charge is 0.341 e. The van der Waals surface area contributed by atoms with Crippen molar-refractivity contribution in [3.8, 4) is 6.07 Å². The molecule has 4 heteroatoms. The van der Waals surface area contributed by atoms with Crippen molar-refractivity contribution in [2.45, 2.75) is 12.8 Å². The van der Waals surface area contributed by atoms with Gasteiger partial charge in [-0.1, -0.05) is 18.2 Å². The molecule has 100 valence electrons. The molecule has 3 rings (SSSR count). The quantitative estimate of drug-likeness (QED) is 0.798. The van der Waals surface area contributed by atoms with E-state index in [2.05, 4.69) is 10.6 Å². The number of hydrogen-bond acceptors (Lipinski definition) is 3. The lowest BCUT2D eigenvalue weighted by Crippen LogP contribution is -2.40. The molecule has 1 aromatic heterocycles. The molecular formula is C16H15N2O2+. The zero-order chi connectivity index (χ0) is 13.8. The molecule has 0 radical (unpaired) electrons. The Balaban J connectivity index is 1.93. The van der Waals surface area contributed by atoms with Crippen LogP contribution in [0.15, 0.2) is 48.7 Å². The summed E-state index contributed by atoms with van der Waals surface area (Å²) in [5, 5.41) is 9.17. The molecule has 0 N–H and O–H groups in total. The highest BCUT2D eigenvalue weighted by molar-refractivity contribution is 5.36. The number of ether oxygens (including phenoxy) is 2. The van der Waals surface area contributed by atoms with Gasteiger partial charge in [0, 0.05) is 17.7 Å². The summed E-state index contributed by atoms with van der Waals surface area (Å²) in [5.41, 5.74) is 2.66. The molecule has 0 amide bonds. The van der Waals surface area contributed by atoms with Crippen LogP contribution >= 0.6 is 0 Å². The summed E-state index contributed by atoms with van der Waals surface area (Å²) in [4.78, 5) is 0. The van der Waals surface area contributed by atoms with Crippen molar-refractivity contribution in [1.29, 1.82) is 5.26 Å². The Hall–Kier alpha value is -2.22. The molecule has 20 heavy (non-hydrogen) atoms. The van der Waals surface area contributed by atoms with Gasteiger partial charge in [0.05, 0.1) is 24.8 Å². The number of pyridine rings is 1. The van der Waals surface area contributed by atoms with E-state index in [0.717, 1.165) is 11.3 Å². The smallest absolute Gasteiger partial charge is 0.245 e. The van der Waals surface area contributed by atoms with Crippen LogP contribution in [-0.2, 0) is 16.0 Å². The van der Waals surface area contributed by atoms with Crippen LogP contribution in [0.5, 0.6) is 0 Å². The monoisotopic (exact) mass is 267 g/mol. The van der Waals surface area contributed by atoms with Gasteiger partial charge in [0.15, 0.2) is 12.7 Å². The van der Waals surface area contributed by atoms with Crippen molar-refractivity contribution in [1.82, 2.24) is 0 Å². The minimum absolute atomic E-state index is 0.314. The topological polar surface area (TPSA) is 46.1 Å². The molecule has 1 aliphatic heterocycles. The zero-order valence-corrected chi connectivity index (χ0v) is 11.0. The zero-order valence-electron chi connectivity index (χ0n) is 11.0. The van der Waals surface area contributed by atoms with Gasteiger partial charge in [-0.25, -0.2) is 0 Å². The Morgan fingerprint density at radius 3 is 2.65 bits per heavy atom. The van der Waals surface area contributed by atoms with E-state index in [1.807, 2.05) is 48.7 Å². The van der Waals surface area contributed by atoms with E-state index >= 15 is 0 Å². The predicted octanol–water partition coefficient (Wildman–Crippen LogP) is 1.94. The minimum atomic E-state index is -0.314. The van der Waals surface area contributed by atoms with Crippen molar-refractivity contribution in [3.05, 3.63) is 65.5 Å². The Morgan fingerprint density at radius 1 is 1.10 bits per heavy atom. The molecule has 2 aromatic rings. The first-order chi connectivity index (χ1) is 9.88. The molecule has 1 aliphatic rings. The molecule has 0 saturated carbocycles. The summed E-state index contributed by atoms with van der Waals surface area (Å²) in [7, 11) is 0. The van der Waals surface area contributed by atoms with Crippen LogP contribution in [0.3, 0.4) is 0 Å². The fourth-order valence-electron chi connectivity index (χ4n) is 2.33. The van der Waals surface area contributed by atoms with E-state index in [1.54, 1.807) is 0 Å². The van der Waals surface area contributed by atoms with E-state index in [4.69, 9.17) is 14.7 Å². The van der Waals surface area contributed by atoms with Gasteiger partial charge >= 0.3 is 0 Å². The first-order valence-electron chi connectivity index (χ1n) is 6.58. The van der Waals surface area contributed by atoms with Gasteiger partial charge in [-0.2, -0.15) is 9.83 Å². The van der Waals surface area contributed by atoms with Crippen LogP contribution in [0.25, 0.3) is 0 Å². The number of benzene rings is 1. The first kappa shape index (κ1) is 12.8. The molecule has 1 saturated heterocycles. The molecule has 0 unspecified atom stereocenters. The summed E-state index contributed by atoms with van der Waals surface area (Å²) in [6.45, 7) is 1.87. The third-order valence-electron chi connectivity index (χ3n) is 3.32. The maximum Gasteiger partial charge on any atom is 0.245 e. The highest BCUT2D eigenvalue weighted by atomic mass is 16.7. The van der Waals surface area contributed by atoms with E-state index < -0.39 is 0 Å². The number of nitriles is 1. The normalized spacial score (nSPS) is 15.2. The van der Waals surface area contributed by atoms with Crippen molar-refractivity contribution in [2.24, 2.45) is 0 Å².